The molecule has 4 aromatic rings. The van der Waals surface area contributed by atoms with Gasteiger partial charge in [-0.15, -0.1) is 0 Å². The summed E-state index contributed by atoms with van der Waals surface area (Å²) < 4.78 is 60.1. The van der Waals surface area contributed by atoms with Gasteiger partial charge in [0.1, 0.15) is 0 Å². The summed E-state index contributed by atoms with van der Waals surface area (Å²) in [5, 5.41) is 0. The summed E-state index contributed by atoms with van der Waals surface area (Å²) in [6, 6.07) is 30.3. The molecule has 8 heteroatoms. The minimum Gasteiger partial charge on any atom is -0.207 e. The minimum absolute atomic E-state index is 0.150. The fourth-order valence-electron chi connectivity index (χ4n) is 4.77. The largest absolute Gasteiger partial charge is 0.241 e. The van der Waals surface area contributed by atoms with Crippen molar-refractivity contribution in [2.24, 2.45) is 0 Å². The molecular weight excluding hydrogens is 553 g/mol. The van der Waals surface area contributed by atoms with Gasteiger partial charge in [0.05, 0.1) is 21.9 Å². The molecule has 0 saturated heterocycles. The quantitative estimate of drug-likeness (QED) is 0.246. The number of nitrogens with one attached hydrogen (secondary N) is 2. The van der Waals surface area contributed by atoms with Crippen molar-refractivity contribution in [3.8, 4) is 0 Å². The highest BCUT2D eigenvalue weighted by molar-refractivity contribution is 7.89. The third kappa shape index (κ3) is 6.79. The van der Waals surface area contributed by atoms with Crippen LogP contribution >= 0.6 is 0 Å². The maximum Gasteiger partial charge on any atom is 0.241 e. The molecule has 0 aliphatic heterocycles. The third-order valence-electron chi connectivity index (χ3n) is 6.98. The SMILES string of the molecule is Cc1ccc(S(=O)(=O)N[C@H]([C]2[CH][CH][CH][C]2[C@@H](NS(=O)(=O)c2ccc(C)cc2)c2ccccc2)c2ccccc2)cc1. The molecule has 1 fully saturated rings. The lowest BCUT2D eigenvalue weighted by atomic mass is 9.79. The molecule has 4 aromatic carbocycles. The van der Waals surface area contributed by atoms with Gasteiger partial charge < -0.3 is 0 Å². The standard InChI is InChI=1S/C33H31N2O4S2/c1-24-16-20-28(21-17-24)40(36,37)34-32(26-10-5-3-6-11-26)30-14-9-15-31(30)33(27-12-7-4-8-13-27)35-41(38,39)29-22-18-25(2)19-23-29/h3-23,32-35H,1-2H3/t32-,33-/m0/s1. The maximum atomic E-state index is 13.6. The van der Waals surface area contributed by atoms with Gasteiger partial charge in [-0.25, -0.2) is 26.3 Å². The number of sulfonamides is 2. The normalized spacial score (nSPS) is 16.4. The first kappa shape index (κ1) is 29.2. The molecular formula is C33H31N2O4S2. The van der Waals surface area contributed by atoms with E-state index in [1.54, 1.807) is 48.5 Å². The second kappa shape index (κ2) is 12.3. The molecule has 2 atom stereocenters. The summed E-state index contributed by atoms with van der Waals surface area (Å²) in [4.78, 5) is 0.300. The smallest absolute Gasteiger partial charge is 0.207 e. The van der Waals surface area contributed by atoms with Crippen LogP contribution in [0.4, 0.5) is 0 Å². The zero-order valence-electron chi connectivity index (χ0n) is 22.7. The van der Waals surface area contributed by atoms with Crippen molar-refractivity contribution in [1.29, 1.82) is 0 Å². The van der Waals surface area contributed by atoms with Crippen LogP contribution in [-0.2, 0) is 20.0 Å². The number of hydrogen-bond donors (Lipinski definition) is 2. The van der Waals surface area contributed by atoms with E-state index in [9.17, 15) is 16.8 Å². The molecule has 5 radical (unpaired) electrons. The Kier molecular flexibility index (Phi) is 8.75. The Labute approximate surface area is 244 Å². The highest BCUT2D eigenvalue weighted by Crippen LogP contribution is 2.48. The Morgan fingerprint density at radius 1 is 0.488 bits per heavy atom. The second-order valence-corrected chi connectivity index (χ2v) is 13.4. The molecule has 0 aromatic heterocycles. The molecule has 209 valence electrons. The van der Waals surface area contributed by atoms with Crippen LogP contribution in [0.15, 0.2) is 119 Å². The van der Waals surface area contributed by atoms with Crippen LogP contribution in [0.1, 0.15) is 34.3 Å². The van der Waals surface area contributed by atoms with Crippen LogP contribution in [0.3, 0.4) is 0 Å². The van der Waals surface area contributed by atoms with E-state index < -0.39 is 32.1 Å². The van der Waals surface area contributed by atoms with E-state index in [0.29, 0.717) is 11.8 Å². The molecule has 0 amide bonds. The lowest BCUT2D eigenvalue weighted by Crippen LogP contribution is -2.39. The Morgan fingerprint density at radius 3 is 1.17 bits per heavy atom. The summed E-state index contributed by atoms with van der Waals surface area (Å²) in [6.45, 7) is 3.79. The van der Waals surface area contributed by atoms with Crippen molar-refractivity contribution in [1.82, 2.24) is 9.44 Å². The fourth-order valence-corrected chi connectivity index (χ4v) is 7.18. The predicted molar refractivity (Wildman–Crippen MR) is 161 cm³/mol. The number of aryl methyl sites for hydroxylation is 2. The van der Waals surface area contributed by atoms with E-state index in [0.717, 1.165) is 22.3 Å². The van der Waals surface area contributed by atoms with Crippen LogP contribution in [-0.4, -0.2) is 16.8 Å². The predicted octanol–water partition coefficient (Wildman–Crippen LogP) is 5.82. The molecule has 0 unspecified atom stereocenters. The molecule has 6 nitrogen and oxygen atoms in total. The molecule has 0 bridgehead atoms. The summed E-state index contributed by atoms with van der Waals surface area (Å²) in [7, 11) is -7.86. The number of hydrogen-bond acceptors (Lipinski definition) is 4. The number of benzene rings is 4. The zero-order chi connectivity index (χ0) is 29.0. The summed E-state index contributed by atoms with van der Waals surface area (Å²) in [6.07, 6.45) is 5.48. The lowest BCUT2D eigenvalue weighted by Gasteiger charge is -2.34. The van der Waals surface area contributed by atoms with Crippen LogP contribution in [0.2, 0.25) is 0 Å². The van der Waals surface area contributed by atoms with Crippen molar-refractivity contribution >= 4 is 20.0 Å². The molecule has 1 aliphatic carbocycles. The molecule has 1 saturated carbocycles. The maximum absolute atomic E-state index is 13.6. The lowest BCUT2D eigenvalue weighted by molar-refractivity contribution is 0.540. The van der Waals surface area contributed by atoms with Gasteiger partial charge in [0, 0.05) is 11.8 Å². The summed E-state index contributed by atoms with van der Waals surface area (Å²) in [5.74, 6) is 1.29. The highest BCUT2D eigenvalue weighted by atomic mass is 32.2. The minimum atomic E-state index is -3.93. The van der Waals surface area contributed by atoms with Crippen LogP contribution in [0.25, 0.3) is 0 Å². The average Bonchev–Trinajstić information content (AvgIpc) is 3.45. The molecule has 2 N–H and O–H groups in total. The average molecular weight is 584 g/mol. The van der Waals surface area contributed by atoms with E-state index in [2.05, 4.69) is 9.44 Å². The molecule has 1 aliphatic rings. The zero-order valence-corrected chi connectivity index (χ0v) is 24.4. The van der Waals surface area contributed by atoms with Crippen LogP contribution in [0, 0.1) is 44.9 Å². The third-order valence-corrected chi connectivity index (χ3v) is 9.86. The van der Waals surface area contributed by atoms with Gasteiger partial charge in [-0.05, 0) is 68.5 Å². The number of rotatable bonds is 10. The van der Waals surface area contributed by atoms with Crippen molar-refractivity contribution in [2.45, 2.75) is 35.7 Å². The first-order valence-corrected chi connectivity index (χ1v) is 16.1. The van der Waals surface area contributed by atoms with Gasteiger partial charge in [0.2, 0.25) is 20.0 Å². The summed E-state index contributed by atoms with van der Waals surface area (Å²) in [5.41, 5.74) is 3.36. The van der Waals surface area contributed by atoms with Gasteiger partial charge in [-0.2, -0.15) is 0 Å². The van der Waals surface area contributed by atoms with E-state index >= 15 is 0 Å². The van der Waals surface area contributed by atoms with Crippen molar-refractivity contribution in [2.75, 3.05) is 0 Å². The van der Waals surface area contributed by atoms with Crippen molar-refractivity contribution < 1.29 is 16.8 Å². The summed E-state index contributed by atoms with van der Waals surface area (Å²) >= 11 is 0. The Hall–Kier alpha value is -3.30. The Balaban J connectivity index is 1.54. The molecule has 0 spiro atoms. The van der Waals surface area contributed by atoms with Crippen molar-refractivity contribution in [3.63, 3.8) is 0 Å². The first-order chi connectivity index (χ1) is 19.6. The van der Waals surface area contributed by atoms with Crippen molar-refractivity contribution in [3.05, 3.63) is 163 Å². The van der Waals surface area contributed by atoms with E-state index in [-0.39, 0.29) is 9.79 Å². The van der Waals surface area contributed by atoms with Gasteiger partial charge >= 0.3 is 0 Å². The highest BCUT2D eigenvalue weighted by Gasteiger charge is 2.43. The van der Waals surface area contributed by atoms with Gasteiger partial charge in [-0.1, -0.05) is 96.1 Å². The Morgan fingerprint density at radius 2 is 0.829 bits per heavy atom. The topological polar surface area (TPSA) is 92.3 Å². The van der Waals surface area contributed by atoms with Gasteiger partial charge in [-0.3, -0.25) is 0 Å². The van der Waals surface area contributed by atoms with Crippen LogP contribution in [0.5, 0.6) is 0 Å². The van der Waals surface area contributed by atoms with Gasteiger partial charge in [0.15, 0.2) is 0 Å². The fraction of sp³-hybridized carbons (Fsp3) is 0.121. The first-order valence-electron chi connectivity index (χ1n) is 13.2. The van der Waals surface area contributed by atoms with Crippen LogP contribution < -0.4 is 9.44 Å². The van der Waals surface area contributed by atoms with E-state index in [4.69, 9.17) is 0 Å². The molecule has 5 rings (SSSR count). The Bertz CT molecular complexity index is 1530. The van der Waals surface area contributed by atoms with Gasteiger partial charge in [0.25, 0.3) is 0 Å². The molecule has 0 heterocycles. The second-order valence-electron chi connectivity index (χ2n) is 9.99. The molecule has 41 heavy (non-hydrogen) atoms. The van der Waals surface area contributed by atoms with E-state index in [1.165, 1.54) is 0 Å². The monoisotopic (exact) mass is 583 g/mol. The van der Waals surface area contributed by atoms with E-state index in [1.807, 2.05) is 93.8 Å².